The summed E-state index contributed by atoms with van der Waals surface area (Å²) in [6.45, 7) is 3.73. The molecular weight excluding hydrogens is 402 g/mol. The molecule has 5 heterocycles. The second-order valence-electron chi connectivity index (χ2n) is 7.81. The molecule has 9 nitrogen and oxygen atoms in total. The van der Waals surface area contributed by atoms with E-state index in [-0.39, 0.29) is 18.0 Å². The van der Waals surface area contributed by atoms with E-state index in [0.29, 0.717) is 25.4 Å². The highest BCUT2D eigenvalue weighted by molar-refractivity contribution is 7.99. The highest BCUT2D eigenvalue weighted by atomic mass is 32.2. The third-order valence-corrected chi connectivity index (χ3v) is 6.85. The van der Waals surface area contributed by atoms with E-state index in [1.807, 2.05) is 4.90 Å². The maximum absolute atomic E-state index is 12.6. The molecule has 0 bridgehead atoms. The van der Waals surface area contributed by atoms with E-state index in [0.717, 1.165) is 66.6 Å². The van der Waals surface area contributed by atoms with Crippen LogP contribution in [0.3, 0.4) is 0 Å². The van der Waals surface area contributed by atoms with Crippen LogP contribution in [0.5, 0.6) is 0 Å². The number of carbonyl (C=O) groups is 1. The Morgan fingerprint density at radius 1 is 1.20 bits per heavy atom. The largest absolute Gasteiger partial charge is 0.374 e. The van der Waals surface area contributed by atoms with E-state index in [9.17, 15) is 4.79 Å². The zero-order valence-electron chi connectivity index (χ0n) is 16.8. The highest BCUT2D eigenvalue weighted by Crippen LogP contribution is 2.39. The molecule has 158 valence electrons. The summed E-state index contributed by atoms with van der Waals surface area (Å²) in [6.07, 6.45) is 6.75. The van der Waals surface area contributed by atoms with Gasteiger partial charge in [0, 0.05) is 50.7 Å². The summed E-state index contributed by atoms with van der Waals surface area (Å²) < 4.78 is 5.93. The van der Waals surface area contributed by atoms with Crippen LogP contribution in [0.2, 0.25) is 0 Å². The van der Waals surface area contributed by atoms with E-state index in [4.69, 9.17) is 20.4 Å². The molecule has 3 aliphatic heterocycles. The van der Waals surface area contributed by atoms with Crippen molar-refractivity contribution < 1.29 is 9.53 Å². The van der Waals surface area contributed by atoms with Crippen molar-refractivity contribution in [3.63, 3.8) is 0 Å². The molecule has 5 rings (SSSR count). The first-order valence-electron chi connectivity index (χ1n) is 10.4. The Morgan fingerprint density at radius 3 is 2.80 bits per heavy atom. The Morgan fingerprint density at radius 2 is 2.00 bits per heavy atom. The smallest absolute Gasteiger partial charge is 0.225 e. The van der Waals surface area contributed by atoms with E-state index in [2.05, 4.69) is 14.9 Å². The number of likely N-dealkylation sites (tertiary alicyclic amines) is 1. The lowest BCUT2D eigenvalue weighted by molar-refractivity contribution is -0.133. The first-order valence-corrected chi connectivity index (χ1v) is 11.4. The summed E-state index contributed by atoms with van der Waals surface area (Å²) >= 11 is 1.80. The monoisotopic (exact) mass is 427 g/mol. The minimum absolute atomic E-state index is 0.118. The first kappa shape index (κ1) is 19.5. The Hall–Kier alpha value is -2.46. The fourth-order valence-electron chi connectivity index (χ4n) is 4.17. The van der Waals surface area contributed by atoms with Crippen molar-refractivity contribution in [3.05, 3.63) is 18.1 Å². The quantitative estimate of drug-likeness (QED) is 0.773. The molecule has 1 atom stereocenters. The predicted octanol–water partition coefficient (Wildman–Crippen LogP) is 1.38. The van der Waals surface area contributed by atoms with Gasteiger partial charge in [0.2, 0.25) is 11.9 Å². The fraction of sp³-hybridized carbons (Fsp3) is 0.550. The fourth-order valence-corrected chi connectivity index (χ4v) is 5.29. The number of morpholine rings is 1. The summed E-state index contributed by atoms with van der Waals surface area (Å²) in [5, 5.41) is 0. The summed E-state index contributed by atoms with van der Waals surface area (Å²) in [4.78, 5) is 35.7. The molecule has 2 fully saturated rings. The Labute approximate surface area is 179 Å². The number of nitrogens with two attached hydrogens (primary N) is 1. The van der Waals surface area contributed by atoms with Crippen LogP contribution in [0.1, 0.15) is 25.0 Å². The minimum Gasteiger partial charge on any atom is -0.374 e. The lowest BCUT2D eigenvalue weighted by Gasteiger charge is -2.35. The van der Waals surface area contributed by atoms with Gasteiger partial charge in [-0.3, -0.25) is 4.79 Å². The van der Waals surface area contributed by atoms with Gasteiger partial charge in [-0.1, -0.05) is 0 Å². The molecule has 3 aliphatic rings. The van der Waals surface area contributed by atoms with Crippen LogP contribution < -0.4 is 10.6 Å². The highest BCUT2D eigenvalue weighted by Gasteiger charge is 2.30. The van der Waals surface area contributed by atoms with Gasteiger partial charge in [-0.25, -0.2) is 19.9 Å². The van der Waals surface area contributed by atoms with Crippen LogP contribution in [0.4, 0.5) is 11.8 Å². The number of hydrogen-bond acceptors (Lipinski definition) is 9. The van der Waals surface area contributed by atoms with Crippen LogP contribution in [0.25, 0.3) is 11.4 Å². The number of ether oxygens (including phenoxy) is 1. The standard InChI is InChI=1S/C20H25N7O2S/c21-20-22-10-13(11-23-20)18-24-15-3-8-30-17(15)19(25-18)27-6-7-29-14(12-27)9-16(28)26-4-1-2-5-26/h10-11,14H,1-9,12H2,(H2,21,22,23). The van der Waals surface area contributed by atoms with Crippen molar-refractivity contribution in [2.45, 2.75) is 36.7 Å². The molecule has 2 aromatic rings. The lowest BCUT2D eigenvalue weighted by Crippen LogP contribution is -2.45. The zero-order valence-corrected chi connectivity index (χ0v) is 17.6. The molecule has 1 amide bonds. The number of rotatable bonds is 4. The van der Waals surface area contributed by atoms with Crippen molar-refractivity contribution in [2.75, 3.05) is 49.2 Å². The van der Waals surface area contributed by atoms with Gasteiger partial charge < -0.3 is 20.3 Å². The molecule has 2 aromatic heterocycles. The summed E-state index contributed by atoms with van der Waals surface area (Å²) in [7, 11) is 0. The second kappa shape index (κ2) is 8.35. The number of nitrogen functional groups attached to an aromatic ring is 1. The Bertz CT molecular complexity index is 933. The van der Waals surface area contributed by atoms with Crippen molar-refractivity contribution in [1.82, 2.24) is 24.8 Å². The number of nitrogens with zero attached hydrogens (tertiary/aromatic N) is 6. The molecule has 10 heteroatoms. The van der Waals surface area contributed by atoms with Crippen LogP contribution in [0, 0.1) is 0 Å². The maximum atomic E-state index is 12.6. The van der Waals surface area contributed by atoms with Crippen LogP contribution in [-0.2, 0) is 16.0 Å². The van der Waals surface area contributed by atoms with Gasteiger partial charge in [-0.15, -0.1) is 11.8 Å². The normalized spacial score (nSPS) is 21.1. The third kappa shape index (κ3) is 3.93. The molecule has 0 radical (unpaired) electrons. The number of thioether (sulfide) groups is 1. The molecule has 30 heavy (non-hydrogen) atoms. The number of hydrogen-bond donors (Lipinski definition) is 1. The minimum atomic E-state index is -0.118. The first-order chi connectivity index (χ1) is 14.7. The molecule has 2 N–H and O–H groups in total. The molecule has 1 unspecified atom stereocenters. The van der Waals surface area contributed by atoms with Gasteiger partial charge >= 0.3 is 0 Å². The van der Waals surface area contributed by atoms with Crippen LogP contribution in [-0.4, -0.2) is 75.4 Å². The number of aryl methyl sites for hydroxylation is 1. The SMILES string of the molecule is Nc1ncc(-c2nc3c(c(N4CCOC(CC(=O)N5CCCC5)C4)n2)SCC3)cn1. The molecule has 0 aliphatic carbocycles. The number of aromatic nitrogens is 4. The summed E-state index contributed by atoms with van der Waals surface area (Å²) in [6, 6.07) is 0. The summed E-state index contributed by atoms with van der Waals surface area (Å²) in [5.41, 5.74) is 7.43. The Kier molecular flexibility index (Phi) is 5.43. The van der Waals surface area contributed by atoms with E-state index < -0.39 is 0 Å². The molecule has 0 spiro atoms. The number of anilines is 2. The van der Waals surface area contributed by atoms with Crippen LogP contribution in [0.15, 0.2) is 17.3 Å². The number of fused-ring (bicyclic) bond motifs is 1. The van der Waals surface area contributed by atoms with Crippen molar-refractivity contribution in [2.24, 2.45) is 0 Å². The van der Waals surface area contributed by atoms with Gasteiger partial charge in [0.1, 0.15) is 5.82 Å². The lowest BCUT2D eigenvalue weighted by atomic mass is 10.1. The summed E-state index contributed by atoms with van der Waals surface area (Å²) in [5.74, 6) is 2.97. The van der Waals surface area contributed by atoms with E-state index >= 15 is 0 Å². The number of carbonyl (C=O) groups excluding carboxylic acids is 1. The average Bonchev–Trinajstić information content (AvgIpc) is 3.46. The molecule has 2 saturated heterocycles. The van der Waals surface area contributed by atoms with Crippen molar-refractivity contribution in [1.29, 1.82) is 0 Å². The van der Waals surface area contributed by atoms with Gasteiger partial charge in [0.25, 0.3) is 0 Å². The molecule has 0 aromatic carbocycles. The topological polar surface area (TPSA) is 110 Å². The molecule has 0 saturated carbocycles. The maximum Gasteiger partial charge on any atom is 0.225 e. The van der Waals surface area contributed by atoms with Crippen molar-refractivity contribution >= 4 is 29.4 Å². The third-order valence-electron chi connectivity index (χ3n) is 5.73. The van der Waals surface area contributed by atoms with E-state index in [1.54, 1.807) is 24.2 Å². The van der Waals surface area contributed by atoms with Gasteiger partial charge in [-0.05, 0) is 12.8 Å². The van der Waals surface area contributed by atoms with Crippen molar-refractivity contribution in [3.8, 4) is 11.4 Å². The average molecular weight is 428 g/mol. The van der Waals surface area contributed by atoms with Gasteiger partial charge in [0.05, 0.1) is 35.3 Å². The zero-order chi connectivity index (χ0) is 20.5. The van der Waals surface area contributed by atoms with E-state index in [1.165, 1.54) is 0 Å². The number of amides is 1. The van der Waals surface area contributed by atoms with Crippen LogP contribution >= 0.6 is 11.8 Å². The van der Waals surface area contributed by atoms with Gasteiger partial charge in [-0.2, -0.15) is 0 Å². The molecular formula is C20H25N7O2S. The second-order valence-corrected chi connectivity index (χ2v) is 8.91. The Balaban J connectivity index is 1.38. The predicted molar refractivity (Wildman–Crippen MR) is 114 cm³/mol. The van der Waals surface area contributed by atoms with Gasteiger partial charge in [0.15, 0.2) is 5.82 Å².